The number of rotatable bonds is 8. The molecule has 0 radical (unpaired) electrons. The van der Waals surface area contributed by atoms with Crippen LogP contribution in [0.1, 0.15) is 63.9 Å². The zero-order valence-corrected chi connectivity index (χ0v) is 17.3. The van der Waals surface area contributed by atoms with Gasteiger partial charge in [0.25, 0.3) is 0 Å². The lowest BCUT2D eigenvalue weighted by molar-refractivity contribution is -0.313. The maximum absolute atomic E-state index is 13.0. The van der Waals surface area contributed by atoms with Crippen molar-refractivity contribution in [3.63, 3.8) is 0 Å². The van der Waals surface area contributed by atoms with Crippen LogP contribution in [0.2, 0.25) is 0 Å². The van der Waals surface area contributed by atoms with Gasteiger partial charge in [-0.1, -0.05) is 25.5 Å². The lowest BCUT2D eigenvalue weighted by Gasteiger charge is -2.59. The van der Waals surface area contributed by atoms with Crippen LogP contribution in [0, 0.1) is 23.2 Å². The van der Waals surface area contributed by atoms with Gasteiger partial charge in [-0.2, -0.15) is 0 Å². The van der Waals surface area contributed by atoms with E-state index in [4.69, 9.17) is 0 Å². The summed E-state index contributed by atoms with van der Waals surface area (Å²) in [4.78, 5) is 12.2. The molecule has 4 aliphatic carbocycles. The minimum Gasteiger partial charge on any atom is -0.548 e. The molecule has 1 aromatic carbocycles. The number of aliphatic carboxylic acids is 1. The molecule has 0 spiro atoms. The van der Waals surface area contributed by atoms with Crippen molar-refractivity contribution < 1.29 is 18.3 Å². The SMILES string of the molecule is CCCCc1ccc(S(=O)(=O)N[C@@H](C(=O)[O-])C23CC4CC(CC(C4)C2)C3)cc1. The molecule has 5 rings (SSSR count). The second-order valence-electron chi connectivity index (χ2n) is 9.40. The van der Waals surface area contributed by atoms with Crippen LogP contribution < -0.4 is 9.83 Å². The lowest BCUT2D eigenvalue weighted by atomic mass is 9.48. The van der Waals surface area contributed by atoms with E-state index in [0.29, 0.717) is 17.8 Å². The lowest BCUT2D eigenvalue weighted by Crippen LogP contribution is -2.62. The van der Waals surface area contributed by atoms with Crippen LogP contribution in [0.5, 0.6) is 0 Å². The normalized spacial score (nSPS) is 32.4. The van der Waals surface area contributed by atoms with Crippen LogP contribution in [-0.2, 0) is 21.2 Å². The van der Waals surface area contributed by atoms with E-state index >= 15 is 0 Å². The van der Waals surface area contributed by atoms with Crippen molar-refractivity contribution in [2.75, 3.05) is 0 Å². The molecule has 0 aliphatic heterocycles. The highest BCUT2D eigenvalue weighted by Crippen LogP contribution is 2.61. The van der Waals surface area contributed by atoms with Gasteiger partial charge in [0.2, 0.25) is 10.0 Å². The molecular weight excluding hydrogens is 374 g/mol. The Kier molecular flexibility index (Phi) is 5.29. The molecule has 1 N–H and O–H groups in total. The standard InChI is InChI=1S/C22H31NO4S/c1-2-3-4-15-5-7-19(8-6-15)28(26,27)23-20(21(24)25)22-12-16-9-17(13-22)11-18(10-16)14-22/h5-8,16-18,20,23H,2-4,9-14H2,1H3,(H,24,25)/p-1/t16?,17?,18?,20-,22?/m0/s1. The predicted molar refractivity (Wildman–Crippen MR) is 105 cm³/mol. The van der Waals surface area contributed by atoms with Crippen molar-refractivity contribution in [2.45, 2.75) is 75.6 Å². The number of benzene rings is 1. The molecule has 4 saturated carbocycles. The third kappa shape index (κ3) is 3.73. The van der Waals surface area contributed by atoms with Gasteiger partial charge < -0.3 is 9.90 Å². The summed E-state index contributed by atoms with van der Waals surface area (Å²) in [7, 11) is -3.91. The molecule has 28 heavy (non-hydrogen) atoms. The number of carboxylic acids is 1. The second-order valence-corrected chi connectivity index (χ2v) is 11.1. The summed E-state index contributed by atoms with van der Waals surface area (Å²) in [6.45, 7) is 2.12. The van der Waals surface area contributed by atoms with Crippen LogP contribution in [0.4, 0.5) is 0 Å². The van der Waals surface area contributed by atoms with Gasteiger partial charge in [0, 0.05) is 0 Å². The number of carboxylic acid groups (broad SMARTS) is 1. The zero-order valence-electron chi connectivity index (χ0n) is 16.5. The second kappa shape index (κ2) is 7.45. The molecule has 0 amide bonds. The summed E-state index contributed by atoms with van der Waals surface area (Å²) in [5.41, 5.74) is 0.611. The first kappa shape index (κ1) is 19.9. The number of sulfonamides is 1. The van der Waals surface area contributed by atoms with E-state index in [1.54, 1.807) is 12.1 Å². The monoisotopic (exact) mass is 404 g/mol. The first-order chi connectivity index (χ1) is 13.3. The summed E-state index contributed by atoms with van der Waals surface area (Å²) < 4.78 is 28.5. The van der Waals surface area contributed by atoms with Crippen LogP contribution in [0.25, 0.3) is 0 Å². The van der Waals surface area contributed by atoms with Gasteiger partial charge in [0.05, 0.1) is 16.9 Å². The van der Waals surface area contributed by atoms with E-state index in [9.17, 15) is 18.3 Å². The van der Waals surface area contributed by atoms with E-state index in [2.05, 4.69) is 11.6 Å². The Morgan fingerprint density at radius 1 is 1.11 bits per heavy atom. The maximum atomic E-state index is 13.0. The summed E-state index contributed by atoms with van der Waals surface area (Å²) in [6.07, 6.45) is 8.98. The van der Waals surface area contributed by atoms with E-state index in [1.165, 1.54) is 19.3 Å². The summed E-state index contributed by atoms with van der Waals surface area (Å²) in [5, 5.41) is 12.1. The number of aryl methyl sites for hydroxylation is 1. The maximum Gasteiger partial charge on any atom is 0.241 e. The number of carbonyl (C=O) groups excluding carboxylic acids is 1. The van der Waals surface area contributed by atoms with Crippen molar-refractivity contribution in [3.8, 4) is 0 Å². The highest BCUT2D eigenvalue weighted by Gasteiger charge is 2.55. The fourth-order valence-corrected chi connectivity index (χ4v) is 7.68. The fraction of sp³-hybridized carbons (Fsp3) is 0.682. The van der Waals surface area contributed by atoms with Crippen molar-refractivity contribution in [1.82, 2.24) is 4.72 Å². The Balaban J connectivity index is 1.55. The highest BCUT2D eigenvalue weighted by molar-refractivity contribution is 7.89. The molecule has 154 valence electrons. The van der Waals surface area contributed by atoms with E-state index in [0.717, 1.165) is 44.1 Å². The predicted octanol–water partition coefficient (Wildman–Crippen LogP) is 2.64. The van der Waals surface area contributed by atoms with Gasteiger partial charge in [-0.3, -0.25) is 0 Å². The molecule has 0 unspecified atom stereocenters. The summed E-state index contributed by atoms with van der Waals surface area (Å²) in [5.74, 6) is 0.325. The minimum absolute atomic E-state index is 0.128. The molecule has 0 saturated heterocycles. The minimum atomic E-state index is -3.91. The van der Waals surface area contributed by atoms with Crippen molar-refractivity contribution in [1.29, 1.82) is 0 Å². The zero-order chi connectivity index (χ0) is 19.9. The number of nitrogens with one attached hydrogen (secondary N) is 1. The fourth-order valence-electron chi connectivity index (χ4n) is 6.39. The molecule has 4 aliphatic rings. The first-order valence-electron chi connectivity index (χ1n) is 10.6. The molecule has 1 atom stereocenters. The molecule has 0 heterocycles. The number of hydrogen-bond donors (Lipinski definition) is 1. The smallest absolute Gasteiger partial charge is 0.241 e. The van der Waals surface area contributed by atoms with Gasteiger partial charge >= 0.3 is 0 Å². The van der Waals surface area contributed by atoms with Gasteiger partial charge in [-0.25, -0.2) is 13.1 Å². The van der Waals surface area contributed by atoms with Crippen LogP contribution >= 0.6 is 0 Å². The van der Waals surface area contributed by atoms with Crippen LogP contribution in [0.3, 0.4) is 0 Å². The third-order valence-electron chi connectivity index (χ3n) is 7.26. The topological polar surface area (TPSA) is 86.3 Å². The Morgan fingerprint density at radius 2 is 1.64 bits per heavy atom. The van der Waals surface area contributed by atoms with Crippen molar-refractivity contribution in [2.24, 2.45) is 23.2 Å². The summed E-state index contributed by atoms with van der Waals surface area (Å²) >= 11 is 0. The van der Waals surface area contributed by atoms with Crippen molar-refractivity contribution in [3.05, 3.63) is 29.8 Å². The van der Waals surface area contributed by atoms with Gasteiger partial charge in [0.15, 0.2) is 0 Å². The molecule has 4 fully saturated rings. The van der Waals surface area contributed by atoms with Crippen LogP contribution in [-0.4, -0.2) is 20.4 Å². The molecule has 4 bridgehead atoms. The quantitative estimate of drug-likeness (QED) is 0.722. The van der Waals surface area contributed by atoms with E-state index < -0.39 is 27.4 Å². The Hall–Kier alpha value is -1.40. The average Bonchev–Trinajstić information content (AvgIpc) is 2.63. The Morgan fingerprint density at radius 3 is 2.11 bits per heavy atom. The van der Waals surface area contributed by atoms with E-state index in [-0.39, 0.29) is 4.90 Å². The van der Waals surface area contributed by atoms with Gasteiger partial charge in [-0.05, 0) is 92.2 Å². The Labute approximate surface area is 168 Å². The van der Waals surface area contributed by atoms with Crippen LogP contribution in [0.15, 0.2) is 29.2 Å². The first-order valence-corrected chi connectivity index (χ1v) is 12.1. The number of hydrogen-bond acceptors (Lipinski definition) is 4. The van der Waals surface area contributed by atoms with E-state index in [1.807, 2.05) is 12.1 Å². The highest BCUT2D eigenvalue weighted by atomic mass is 32.2. The van der Waals surface area contributed by atoms with Crippen molar-refractivity contribution >= 4 is 16.0 Å². The number of unbranched alkanes of at least 4 members (excludes halogenated alkanes) is 1. The largest absolute Gasteiger partial charge is 0.548 e. The average molecular weight is 405 g/mol. The number of carbonyl (C=O) groups is 1. The molecule has 5 nitrogen and oxygen atoms in total. The van der Waals surface area contributed by atoms with Gasteiger partial charge in [0.1, 0.15) is 0 Å². The molecule has 0 aromatic heterocycles. The molecular formula is C22H30NO4S-. The Bertz CT molecular complexity index is 795. The van der Waals surface area contributed by atoms with Gasteiger partial charge in [-0.15, -0.1) is 0 Å². The molecule has 6 heteroatoms. The third-order valence-corrected chi connectivity index (χ3v) is 8.70. The molecule has 1 aromatic rings. The summed E-state index contributed by atoms with van der Waals surface area (Å²) in [6, 6.07) is 5.66.